The Morgan fingerprint density at radius 3 is 2.45 bits per heavy atom. The Labute approximate surface area is 75.6 Å². The zero-order chi connectivity index (χ0) is 8.74. The predicted octanol–water partition coefficient (Wildman–Crippen LogP) is 4.00. The molecule has 0 spiro atoms. The van der Waals surface area contributed by atoms with Crippen molar-refractivity contribution in [1.82, 2.24) is 0 Å². The van der Waals surface area contributed by atoms with Gasteiger partial charge in [0.05, 0.1) is 0 Å². The van der Waals surface area contributed by atoms with E-state index in [9.17, 15) is 0 Å². The molecule has 66 valence electrons. The van der Waals surface area contributed by atoms with Gasteiger partial charge in [-0.15, -0.1) is 18.2 Å². The fourth-order valence-corrected chi connectivity index (χ4v) is 1.58. The SMILES string of the molecule is C=CCCC(C)(CCl)CCC. The highest BCUT2D eigenvalue weighted by molar-refractivity contribution is 6.18. The topological polar surface area (TPSA) is 0 Å². The van der Waals surface area contributed by atoms with Crippen molar-refractivity contribution in [3.05, 3.63) is 12.7 Å². The molecule has 0 aliphatic heterocycles. The lowest BCUT2D eigenvalue weighted by atomic mass is 9.83. The molecule has 0 aliphatic rings. The van der Waals surface area contributed by atoms with Crippen LogP contribution in [0.4, 0.5) is 0 Å². The zero-order valence-corrected chi connectivity index (χ0v) is 8.45. The molecule has 11 heavy (non-hydrogen) atoms. The summed E-state index contributed by atoms with van der Waals surface area (Å²) in [5, 5.41) is 0. The lowest BCUT2D eigenvalue weighted by Gasteiger charge is -2.25. The zero-order valence-electron chi connectivity index (χ0n) is 7.70. The predicted molar refractivity (Wildman–Crippen MR) is 53.2 cm³/mol. The maximum atomic E-state index is 5.89. The van der Waals surface area contributed by atoms with Crippen molar-refractivity contribution in [3.63, 3.8) is 0 Å². The minimum absolute atomic E-state index is 0.338. The first-order valence-corrected chi connectivity index (χ1v) is 4.89. The summed E-state index contributed by atoms with van der Waals surface area (Å²) in [5.41, 5.74) is 0.338. The van der Waals surface area contributed by atoms with Crippen molar-refractivity contribution in [2.45, 2.75) is 39.5 Å². The molecule has 0 aromatic heterocycles. The van der Waals surface area contributed by atoms with Crippen molar-refractivity contribution < 1.29 is 0 Å². The molecule has 0 fully saturated rings. The monoisotopic (exact) mass is 174 g/mol. The minimum atomic E-state index is 0.338. The van der Waals surface area contributed by atoms with E-state index >= 15 is 0 Å². The van der Waals surface area contributed by atoms with E-state index in [0.717, 1.165) is 12.3 Å². The van der Waals surface area contributed by atoms with Gasteiger partial charge in [-0.3, -0.25) is 0 Å². The van der Waals surface area contributed by atoms with Crippen LogP contribution < -0.4 is 0 Å². The largest absolute Gasteiger partial charge is 0.126 e. The molecule has 0 N–H and O–H groups in total. The fourth-order valence-electron chi connectivity index (χ4n) is 1.31. The summed E-state index contributed by atoms with van der Waals surface area (Å²) in [6.07, 6.45) is 6.68. The maximum Gasteiger partial charge on any atom is 0.0277 e. The Bertz CT molecular complexity index is 109. The van der Waals surface area contributed by atoms with E-state index in [0.29, 0.717) is 5.41 Å². The van der Waals surface area contributed by atoms with Gasteiger partial charge in [0, 0.05) is 5.88 Å². The summed E-state index contributed by atoms with van der Waals surface area (Å²) in [5.74, 6) is 0.773. The summed E-state index contributed by atoms with van der Waals surface area (Å²) >= 11 is 5.89. The van der Waals surface area contributed by atoms with Crippen LogP contribution in [-0.4, -0.2) is 5.88 Å². The molecule has 0 saturated heterocycles. The van der Waals surface area contributed by atoms with Crippen LogP contribution in [-0.2, 0) is 0 Å². The van der Waals surface area contributed by atoms with E-state index in [1.807, 2.05) is 6.08 Å². The first kappa shape index (κ1) is 11.0. The number of hydrogen-bond donors (Lipinski definition) is 0. The Morgan fingerprint density at radius 1 is 1.45 bits per heavy atom. The van der Waals surface area contributed by atoms with E-state index in [1.54, 1.807) is 0 Å². The summed E-state index contributed by atoms with van der Waals surface area (Å²) in [6, 6.07) is 0. The molecule has 0 aliphatic carbocycles. The highest BCUT2D eigenvalue weighted by Crippen LogP contribution is 2.30. The lowest BCUT2D eigenvalue weighted by molar-refractivity contribution is 0.313. The van der Waals surface area contributed by atoms with Gasteiger partial charge < -0.3 is 0 Å². The van der Waals surface area contributed by atoms with Crippen molar-refractivity contribution in [2.75, 3.05) is 5.88 Å². The highest BCUT2D eigenvalue weighted by Gasteiger charge is 2.20. The molecule has 0 rings (SSSR count). The molecule has 0 amide bonds. The first-order valence-electron chi connectivity index (χ1n) is 4.35. The quantitative estimate of drug-likeness (QED) is 0.422. The molecule has 0 aromatic carbocycles. The average Bonchev–Trinajstić information content (AvgIpc) is 2.02. The first-order chi connectivity index (χ1) is 5.18. The van der Waals surface area contributed by atoms with Gasteiger partial charge in [-0.05, 0) is 24.7 Å². The van der Waals surface area contributed by atoms with Crippen LogP contribution in [0.5, 0.6) is 0 Å². The second kappa shape index (κ2) is 5.65. The van der Waals surface area contributed by atoms with E-state index in [-0.39, 0.29) is 0 Å². The second-order valence-corrected chi connectivity index (χ2v) is 3.79. The maximum absolute atomic E-state index is 5.89. The van der Waals surface area contributed by atoms with Crippen LogP contribution in [0.1, 0.15) is 39.5 Å². The van der Waals surface area contributed by atoms with Crippen LogP contribution in [0.2, 0.25) is 0 Å². The summed E-state index contributed by atoms with van der Waals surface area (Å²) in [4.78, 5) is 0. The van der Waals surface area contributed by atoms with Gasteiger partial charge >= 0.3 is 0 Å². The lowest BCUT2D eigenvalue weighted by Crippen LogP contribution is -2.17. The molecular formula is C10H19Cl. The van der Waals surface area contributed by atoms with E-state index in [1.165, 1.54) is 19.3 Å². The Balaban J connectivity index is 3.76. The number of allylic oxidation sites excluding steroid dienone is 1. The van der Waals surface area contributed by atoms with Crippen molar-refractivity contribution in [3.8, 4) is 0 Å². The third-order valence-corrected chi connectivity index (χ3v) is 2.77. The fraction of sp³-hybridized carbons (Fsp3) is 0.800. The molecule has 0 aromatic rings. The van der Waals surface area contributed by atoms with E-state index in [4.69, 9.17) is 11.6 Å². The highest BCUT2D eigenvalue weighted by atomic mass is 35.5. The van der Waals surface area contributed by atoms with Gasteiger partial charge in [0.15, 0.2) is 0 Å². The Hall–Kier alpha value is 0.0300. The van der Waals surface area contributed by atoms with Crippen LogP contribution in [0, 0.1) is 5.41 Å². The normalized spacial score (nSPS) is 15.9. The third kappa shape index (κ3) is 4.47. The summed E-state index contributed by atoms with van der Waals surface area (Å²) in [7, 11) is 0. The minimum Gasteiger partial charge on any atom is -0.126 e. The Kier molecular flexibility index (Phi) is 5.67. The van der Waals surface area contributed by atoms with Gasteiger partial charge in [0.2, 0.25) is 0 Å². The van der Waals surface area contributed by atoms with Gasteiger partial charge in [-0.2, -0.15) is 0 Å². The van der Waals surface area contributed by atoms with Crippen LogP contribution >= 0.6 is 11.6 Å². The van der Waals surface area contributed by atoms with Gasteiger partial charge in [-0.25, -0.2) is 0 Å². The van der Waals surface area contributed by atoms with Crippen LogP contribution in [0.3, 0.4) is 0 Å². The standard InChI is InChI=1S/C10H19Cl/c1-4-6-8-10(3,9-11)7-5-2/h4H,1,5-9H2,2-3H3. The average molecular weight is 175 g/mol. The van der Waals surface area contributed by atoms with Crippen LogP contribution in [0.15, 0.2) is 12.7 Å². The van der Waals surface area contributed by atoms with E-state index < -0.39 is 0 Å². The van der Waals surface area contributed by atoms with Crippen molar-refractivity contribution >= 4 is 11.6 Å². The molecule has 1 atom stereocenters. The van der Waals surface area contributed by atoms with Crippen molar-refractivity contribution in [2.24, 2.45) is 5.41 Å². The van der Waals surface area contributed by atoms with Gasteiger partial charge in [-0.1, -0.05) is 26.3 Å². The van der Waals surface area contributed by atoms with Gasteiger partial charge in [0.25, 0.3) is 0 Å². The smallest absolute Gasteiger partial charge is 0.0277 e. The summed E-state index contributed by atoms with van der Waals surface area (Å²) < 4.78 is 0. The molecule has 0 bridgehead atoms. The molecule has 0 heterocycles. The number of alkyl halides is 1. The molecule has 0 saturated carbocycles. The molecule has 0 radical (unpaired) electrons. The number of rotatable bonds is 6. The number of halogens is 1. The Morgan fingerprint density at radius 2 is 2.09 bits per heavy atom. The van der Waals surface area contributed by atoms with Gasteiger partial charge in [0.1, 0.15) is 0 Å². The second-order valence-electron chi connectivity index (χ2n) is 3.52. The molecule has 0 nitrogen and oxygen atoms in total. The van der Waals surface area contributed by atoms with E-state index in [2.05, 4.69) is 20.4 Å². The third-order valence-electron chi connectivity index (χ3n) is 2.13. The number of hydrogen-bond acceptors (Lipinski definition) is 0. The molecule has 1 unspecified atom stereocenters. The van der Waals surface area contributed by atoms with Crippen molar-refractivity contribution in [1.29, 1.82) is 0 Å². The molecule has 1 heteroatoms. The molecular weight excluding hydrogens is 156 g/mol. The summed E-state index contributed by atoms with van der Waals surface area (Å²) in [6.45, 7) is 8.18. The van der Waals surface area contributed by atoms with Crippen LogP contribution in [0.25, 0.3) is 0 Å².